The molecule has 0 atom stereocenters. The summed E-state index contributed by atoms with van der Waals surface area (Å²) in [6, 6.07) is 0. The number of phenols is 2. The van der Waals surface area contributed by atoms with Crippen LogP contribution in [0, 0.1) is 0 Å². The topological polar surface area (TPSA) is 58.9 Å². The highest BCUT2D eigenvalue weighted by Crippen LogP contribution is 2.52. The van der Waals surface area contributed by atoms with Crippen LogP contribution in [0.25, 0.3) is 0 Å². The van der Waals surface area contributed by atoms with Crippen molar-refractivity contribution in [1.29, 1.82) is 0 Å². The fourth-order valence-corrected chi connectivity index (χ4v) is 1.57. The highest BCUT2D eigenvalue weighted by molar-refractivity contribution is 6.39. The van der Waals surface area contributed by atoms with Crippen LogP contribution in [0.15, 0.2) is 0 Å². The van der Waals surface area contributed by atoms with Crippen LogP contribution < -0.4 is 9.47 Å². The van der Waals surface area contributed by atoms with Gasteiger partial charge >= 0.3 is 0 Å². The summed E-state index contributed by atoms with van der Waals surface area (Å²) in [6.45, 7) is 0. The third-order valence-corrected chi connectivity index (χ3v) is 2.35. The van der Waals surface area contributed by atoms with Crippen LogP contribution in [0.2, 0.25) is 10.0 Å². The van der Waals surface area contributed by atoms with Gasteiger partial charge in [0.2, 0.25) is 5.75 Å². The summed E-state index contributed by atoms with van der Waals surface area (Å²) in [5.41, 5.74) is 0. The molecule has 0 saturated carbocycles. The van der Waals surface area contributed by atoms with Crippen molar-refractivity contribution in [3.63, 3.8) is 0 Å². The first-order chi connectivity index (χ1) is 6.54. The van der Waals surface area contributed by atoms with Gasteiger partial charge in [-0.25, -0.2) is 0 Å². The summed E-state index contributed by atoms with van der Waals surface area (Å²) in [6.07, 6.45) is 0. The number of hydrogen-bond donors (Lipinski definition) is 2. The SMILES string of the molecule is COc1c(O)c(OC)c(Cl)c(O)c1Cl. The molecule has 0 aliphatic rings. The zero-order valence-corrected chi connectivity index (χ0v) is 8.98. The normalized spacial score (nSPS) is 10.0. The average molecular weight is 239 g/mol. The lowest BCUT2D eigenvalue weighted by molar-refractivity contribution is 0.335. The summed E-state index contributed by atoms with van der Waals surface area (Å²) in [7, 11) is 2.60. The molecule has 1 rings (SSSR count). The van der Waals surface area contributed by atoms with Crippen LogP contribution in [-0.4, -0.2) is 24.4 Å². The molecular weight excluding hydrogens is 231 g/mol. The van der Waals surface area contributed by atoms with E-state index in [1.807, 2.05) is 0 Å². The minimum Gasteiger partial charge on any atom is -0.505 e. The van der Waals surface area contributed by atoms with Crippen molar-refractivity contribution in [3.05, 3.63) is 10.0 Å². The van der Waals surface area contributed by atoms with Crippen molar-refractivity contribution >= 4 is 23.2 Å². The minimum atomic E-state index is -0.389. The Kier molecular flexibility index (Phi) is 3.18. The molecule has 0 radical (unpaired) electrons. The number of aromatic hydroxyl groups is 2. The number of rotatable bonds is 2. The van der Waals surface area contributed by atoms with Gasteiger partial charge in [0, 0.05) is 0 Å². The molecule has 4 nitrogen and oxygen atoms in total. The second-order valence-corrected chi connectivity index (χ2v) is 3.15. The van der Waals surface area contributed by atoms with Crippen LogP contribution in [0.3, 0.4) is 0 Å². The monoisotopic (exact) mass is 238 g/mol. The van der Waals surface area contributed by atoms with Crippen molar-refractivity contribution in [3.8, 4) is 23.0 Å². The van der Waals surface area contributed by atoms with Gasteiger partial charge in [-0.2, -0.15) is 0 Å². The molecule has 0 saturated heterocycles. The zero-order valence-electron chi connectivity index (χ0n) is 7.47. The van der Waals surface area contributed by atoms with Gasteiger partial charge in [0.1, 0.15) is 10.0 Å². The van der Waals surface area contributed by atoms with Gasteiger partial charge in [-0.15, -0.1) is 0 Å². The molecule has 0 heterocycles. The number of hydrogen-bond acceptors (Lipinski definition) is 4. The van der Waals surface area contributed by atoms with Crippen molar-refractivity contribution in [1.82, 2.24) is 0 Å². The molecule has 0 aliphatic heterocycles. The first-order valence-corrected chi connectivity index (χ1v) is 4.31. The van der Waals surface area contributed by atoms with E-state index >= 15 is 0 Å². The summed E-state index contributed by atoms with van der Waals surface area (Å²) in [5.74, 6) is -0.890. The molecule has 0 amide bonds. The van der Waals surface area contributed by atoms with Gasteiger partial charge in [0.05, 0.1) is 14.2 Å². The molecule has 0 unspecified atom stereocenters. The fraction of sp³-hybridized carbons (Fsp3) is 0.250. The van der Waals surface area contributed by atoms with Crippen molar-refractivity contribution in [2.24, 2.45) is 0 Å². The Morgan fingerprint density at radius 3 is 1.50 bits per heavy atom. The second kappa shape index (κ2) is 4.02. The minimum absolute atomic E-state index is 0.0783. The van der Waals surface area contributed by atoms with Gasteiger partial charge in [0.15, 0.2) is 17.2 Å². The molecule has 78 valence electrons. The lowest BCUT2D eigenvalue weighted by atomic mass is 10.2. The molecule has 6 heteroatoms. The predicted molar refractivity (Wildman–Crippen MR) is 52.9 cm³/mol. The average Bonchev–Trinajstić information content (AvgIpc) is 2.16. The van der Waals surface area contributed by atoms with E-state index in [2.05, 4.69) is 0 Å². The van der Waals surface area contributed by atoms with Crippen molar-refractivity contribution in [2.75, 3.05) is 14.2 Å². The third kappa shape index (κ3) is 1.51. The number of benzene rings is 1. The molecule has 1 aromatic rings. The zero-order chi connectivity index (χ0) is 10.9. The van der Waals surface area contributed by atoms with Crippen molar-refractivity contribution < 1.29 is 19.7 Å². The maximum absolute atomic E-state index is 9.54. The summed E-state index contributed by atoms with van der Waals surface area (Å²) in [4.78, 5) is 0. The van der Waals surface area contributed by atoms with Gasteiger partial charge < -0.3 is 19.7 Å². The van der Waals surface area contributed by atoms with E-state index in [-0.39, 0.29) is 33.0 Å². The second-order valence-electron chi connectivity index (χ2n) is 2.39. The van der Waals surface area contributed by atoms with Crippen LogP contribution in [0.5, 0.6) is 23.0 Å². The first-order valence-electron chi connectivity index (χ1n) is 3.55. The van der Waals surface area contributed by atoms with Gasteiger partial charge in [-0.1, -0.05) is 23.2 Å². The van der Waals surface area contributed by atoms with Crippen LogP contribution in [-0.2, 0) is 0 Å². The molecular formula is C8H8Cl2O4. The highest BCUT2D eigenvalue weighted by atomic mass is 35.5. The highest BCUT2D eigenvalue weighted by Gasteiger charge is 2.22. The predicted octanol–water partition coefficient (Wildman–Crippen LogP) is 2.42. The Balaban J connectivity index is 3.56. The van der Waals surface area contributed by atoms with Crippen LogP contribution >= 0.6 is 23.2 Å². The van der Waals surface area contributed by atoms with E-state index in [4.69, 9.17) is 32.7 Å². The molecule has 0 bridgehead atoms. The number of phenolic OH excluding ortho intramolecular Hbond substituents is 2. The molecule has 14 heavy (non-hydrogen) atoms. The van der Waals surface area contributed by atoms with Gasteiger partial charge in [-0.3, -0.25) is 0 Å². The summed E-state index contributed by atoms with van der Waals surface area (Å²) in [5, 5.41) is 18.7. The van der Waals surface area contributed by atoms with E-state index < -0.39 is 0 Å². The molecule has 0 fully saturated rings. The maximum atomic E-state index is 9.54. The third-order valence-electron chi connectivity index (χ3n) is 1.65. The standard InChI is InChI=1S/C8H8Cl2O4/c1-13-7-3(9)5(11)4(10)8(14-2)6(7)12/h11-12H,1-2H3. The molecule has 2 N–H and O–H groups in total. The fourth-order valence-electron chi connectivity index (χ4n) is 0.995. The van der Waals surface area contributed by atoms with Crippen LogP contribution in [0.1, 0.15) is 0 Å². The Labute approximate surface area is 90.6 Å². The van der Waals surface area contributed by atoms with E-state index in [0.717, 1.165) is 0 Å². The smallest absolute Gasteiger partial charge is 0.204 e. The number of methoxy groups -OCH3 is 2. The van der Waals surface area contributed by atoms with E-state index in [9.17, 15) is 10.2 Å². The van der Waals surface area contributed by atoms with Gasteiger partial charge in [0.25, 0.3) is 0 Å². The molecule has 0 spiro atoms. The Morgan fingerprint density at radius 2 is 1.21 bits per heavy atom. The van der Waals surface area contributed by atoms with Gasteiger partial charge in [-0.05, 0) is 0 Å². The molecule has 0 aromatic heterocycles. The van der Waals surface area contributed by atoms with Crippen LogP contribution in [0.4, 0.5) is 0 Å². The van der Waals surface area contributed by atoms with Crippen molar-refractivity contribution in [2.45, 2.75) is 0 Å². The Hall–Kier alpha value is -1.00. The first kappa shape index (κ1) is 11.1. The van der Waals surface area contributed by atoms with E-state index in [1.54, 1.807) is 0 Å². The number of ether oxygens (including phenoxy) is 2. The largest absolute Gasteiger partial charge is 0.505 e. The molecule has 1 aromatic carbocycles. The van der Waals surface area contributed by atoms with E-state index in [0.29, 0.717) is 0 Å². The number of halogens is 2. The maximum Gasteiger partial charge on any atom is 0.204 e. The quantitative estimate of drug-likeness (QED) is 0.778. The Morgan fingerprint density at radius 1 is 0.857 bits per heavy atom. The Bertz CT molecular complexity index is 334. The summed E-state index contributed by atoms with van der Waals surface area (Å²) >= 11 is 11.3. The lowest BCUT2D eigenvalue weighted by Gasteiger charge is -2.12. The summed E-state index contributed by atoms with van der Waals surface area (Å²) < 4.78 is 9.55. The lowest BCUT2D eigenvalue weighted by Crippen LogP contribution is -1.91. The van der Waals surface area contributed by atoms with E-state index in [1.165, 1.54) is 14.2 Å². The molecule has 0 aliphatic carbocycles.